The van der Waals surface area contributed by atoms with Crippen molar-refractivity contribution in [3.8, 4) is 0 Å². The van der Waals surface area contributed by atoms with Crippen molar-refractivity contribution in [3.05, 3.63) is 29.8 Å². The van der Waals surface area contributed by atoms with Crippen LogP contribution in [0, 0.1) is 0 Å². The highest BCUT2D eigenvalue weighted by Crippen LogP contribution is 2.31. The Labute approximate surface area is 74.9 Å². The predicted octanol–water partition coefficient (Wildman–Crippen LogP) is 2.59. The van der Waals surface area contributed by atoms with Crippen molar-refractivity contribution in [2.75, 3.05) is 17.2 Å². The van der Waals surface area contributed by atoms with E-state index in [-0.39, 0.29) is 0 Å². The molecule has 11 heavy (non-hydrogen) atoms. The first-order chi connectivity index (χ1) is 5.42. The summed E-state index contributed by atoms with van der Waals surface area (Å²) in [5.41, 5.74) is 2.75. The molecule has 1 aromatic carbocycles. The van der Waals surface area contributed by atoms with Crippen LogP contribution in [0.3, 0.4) is 0 Å². The van der Waals surface area contributed by atoms with E-state index < -0.39 is 0 Å². The highest BCUT2D eigenvalue weighted by molar-refractivity contribution is 9.09. The van der Waals surface area contributed by atoms with Gasteiger partial charge in [-0.05, 0) is 11.6 Å². The topological polar surface area (TPSA) is 12.0 Å². The molecule has 0 fully saturated rings. The van der Waals surface area contributed by atoms with Gasteiger partial charge in [-0.2, -0.15) is 0 Å². The molecule has 0 spiro atoms. The van der Waals surface area contributed by atoms with Gasteiger partial charge in [0, 0.05) is 23.5 Å². The van der Waals surface area contributed by atoms with Gasteiger partial charge >= 0.3 is 0 Å². The van der Waals surface area contributed by atoms with Gasteiger partial charge in [-0.25, -0.2) is 0 Å². The lowest BCUT2D eigenvalue weighted by Gasteiger charge is -2.03. The summed E-state index contributed by atoms with van der Waals surface area (Å²) in [7, 11) is 0. The van der Waals surface area contributed by atoms with Crippen molar-refractivity contribution < 1.29 is 0 Å². The number of anilines is 1. The molecular formula is C9H10BrN. The second-order valence-electron chi connectivity index (χ2n) is 2.82. The third-order valence-corrected chi connectivity index (χ3v) is 2.91. The zero-order chi connectivity index (χ0) is 7.68. The third-order valence-electron chi connectivity index (χ3n) is 2.13. The maximum Gasteiger partial charge on any atom is 0.0376 e. The van der Waals surface area contributed by atoms with Crippen LogP contribution in [-0.4, -0.2) is 11.9 Å². The Kier molecular flexibility index (Phi) is 1.86. The van der Waals surface area contributed by atoms with Crippen LogP contribution in [0.1, 0.15) is 11.5 Å². The molecule has 1 aliphatic rings. The van der Waals surface area contributed by atoms with E-state index in [2.05, 4.69) is 45.5 Å². The van der Waals surface area contributed by atoms with Gasteiger partial charge in [-0.15, -0.1) is 0 Å². The Balaban J connectivity index is 2.39. The van der Waals surface area contributed by atoms with Crippen molar-refractivity contribution in [2.45, 2.75) is 5.92 Å². The van der Waals surface area contributed by atoms with Crippen molar-refractivity contribution in [3.63, 3.8) is 0 Å². The molecule has 1 atom stereocenters. The molecule has 0 saturated heterocycles. The fourth-order valence-electron chi connectivity index (χ4n) is 1.49. The average molecular weight is 212 g/mol. The molecule has 2 rings (SSSR count). The third kappa shape index (κ3) is 1.16. The highest BCUT2D eigenvalue weighted by atomic mass is 79.9. The van der Waals surface area contributed by atoms with Crippen molar-refractivity contribution in [2.24, 2.45) is 0 Å². The standard InChI is InChI=1S/C9H10BrN/c10-5-7-6-11-9-4-2-1-3-8(7)9/h1-4,7,11H,5-6H2. The number of halogens is 1. The lowest BCUT2D eigenvalue weighted by atomic mass is 10.0. The monoisotopic (exact) mass is 211 g/mol. The van der Waals surface area contributed by atoms with Crippen LogP contribution in [0.15, 0.2) is 24.3 Å². The summed E-state index contributed by atoms with van der Waals surface area (Å²) < 4.78 is 0. The summed E-state index contributed by atoms with van der Waals surface area (Å²) in [6, 6.07) is 8.50. The van der Waals surface area contributed by atoms with Gasteiger partial charge in [0.2, 0.25) is 0 Å². The van der Waals surface area contributed by atoms with E-state index in [0.717, 1.165) is 11.9 Å². The van der Waals surface area contributed by atoms with Gasteiger partial charge in [-0.1, -0.05) is 34.1 Å². The molecule has 0 saturated carbocycles. The fraction of sp³-hybridized carbons (Fsp3) is 0.333. The highest BCUT2D eigenvalue weighted by Gasteiger charge is 2.19. The first-order valence-corrected chi connectivity index (χ1v) is 4.92. The Morgan fingerprint density at radius 2 is 2.27 bits per heavy atom. The number of alkyl halides is 1. The first-order valence-electron chi connectivity index (χ1n) is 3.80. The number of hydrogen-bond donors (Lipinski definition) is 1. The van der Waals surface area contributed by atoms with Gasteiger partial charge in [0.25, 0.3) is 0 Å². The van der Waals surface area contributed by atoms with Crippen LogP contribution in [0.25, 0.3) is 0 Å². The van der Waals surface area contributed by atoms with Crippen LogP contribution in [0.2, 0.25) is 0 Å². The largest absolute Gasteiger partial charge is 0.384 e. The summed E-state index contributed by atoms with van der Waals surface area (Å²) in [6.07, 6.45) is 0. The Morgan fingerprint density at radius 1 is 1.45 bits per heavy atom. The lowest BCUT2D eigenvalue weighted by Crippen LogP contribution is -2.02. The van der Waals surface area contributed by atoms with Crippen LogP contribution in [0.4, 0.5) is 5.69 Å². The number of hydrogen-bond acceptors (Lipinski definition) is 1. The Hall–Kier alpha value is -0.500. The summed E-state index contributed by atoms with van der Waals surface area (Å²) in [6.45, 7) is 1.07. The molecule has 0 amide bonds. The van der Waals surface area contributed by atoms with Gasteiger partial charge in [-0.3, -0.25) is 0 Å². The minimum Gasteiger partial charge on any atom is -0.384 e. The number of rotatable bonds is 1. The number of fused-ring (bicyclic) bond motifs is 1. The second kappa shape index (κ2) is 2.86. The zero-order valence-electron chi connectivity index (χ0n) is 6.18. The molecule has 1 unspecified atom stereocenters. The van der Waals surface area contributed by atoms with Crippen LogP contribution in [-0.2, 0) is 0 Å². The Bertz CT molecular complexity index is 259. The quantitative estimate of drug-likeness (QED) is 0.705. The molecule has 0 aliphatic carbocycles. The SMILES string of the molecule is BrCC1CNc2ccccc21. The van der Waals surface area contributed by atoms with E-state index in [1.165, 1.54) is 11.3 Å². The van der Waals surface area contributed by atoms with Gasteiger partial charge in [0.1, 0.15) is 0 Å². The van der Waals surface area contributed by atoms with Crippen LogP contribution in [0.5, 0.6) is 0 Å². The van der Waals surface area contributed by atoms with Crippen molar-refractivity contribution in [1.29, 1.82) is 0 Å². The molecule has 0 radical (unpaired) electrons. The molecule has 1 N–H and O–H groups in total. The molecule has 58 valence electrons. The maximum atomic E-state index is 3.51. The number of benzene rings is 1. The molecule has 0 aromatic heterocycles. The normalized spacial score (nSPS) is 21.0. The van der Waals surface area contributed by atoms with E-state index in [1.54, 1.807) is 0 Å². The summed E-state index contributed by atoms with van der Waals surface area (Å²) >= 11 is 3.51. The summed E-state index contributed by atoms with van der Waals surface area (Å²) in [5, 5.41) is 4.42. The van der Waals surface area contributed by atoms with Gasteiger partial charge in [0.15, 0.2) is 0 Å². The Morgan fingerprint density at radius 3 is 3.09 bits per heavy atom. The number of para-hydroxylation sites is 1. The molecule has 1 aliphatic heterocycles. The molecule has 1 nitrogen and oxygen atoms in total. The number of nitrogens with one attached hydrogen (secondary N) is 1. The molecule has 0 bridgehead atoms. The van der Waals surface area contributed by atoms with E-state index in [4.69, 9.17) is 0 Å². The van der Waals surface area contributed by atoms with E-state index in [1.807, 2.05) is 0 Å². The molecule has 1 aromatic rings. The maximum absolute atomic E-state index is 3.51. The van der Waals surface area contributed by atoms with E-state index in [0.29, 0.717) is 5.92 Å². The molecule has 1 heterocycles. The second-order valence-corrected chi connectivity index (χ2v) is 3.47. The van der Waals surface area contributed by atoms with Crippen molar-refractivity contribution in [1.82, 2.24) is 0 Å². The zero-order valence-corrected chi connectivity index (χ0v) is 7.76. The first kappa shape index (κ1) is 7.17. The minimum atomic E-state index is 0.659. The van der Waals surface area contributed by atoms with Gasteiger partial charge in [0.05, 0.1) is 0 Å². The smallest absolute Gasteiger partial charge is 0.0376 e. The lowest BCUT2D eigenvalue weighted by molar-refractivity contribution is 0.874. The predicted molar refractivity (Wildman–Crippen MR) is 51.5 cm³/mol. The van der Waals surface area contributed by atoms with E-state index >= 15 is 0 Å². The fourth-order valence-corrected chi connectivity index (χ4v) is 2.07. The summed E-state index contributed by atoms with van der Waals surface area (Å²) in [5.74, 6) is 0.659. The average Bonchev–Trinajstić information content (AvgIpc) is 2.47. The van der Waals surface area contributed by atoms with E-state index in [9.17, 15) is 0 Å². The molecular weight excluding hydrogens is 202 g/mol. The van der Waals surface area contributed by atoms with Gasteiger partial charge < -0.3 is 5.32 Å². The summed E-state index contributed by atoms with van der Waals surface area (Å²) in [4.78, 5) is 0. The minimum absolute atomic E-state index is 0.659. The van der Waals surface area contributed by atoms with Crippen molar-refractivity contribution >= 4 is 21.6 Å². The van der Waals surface area contributed by atoms with Crippen LogP contribution < -0.4 is 5.32 Å². The van der Waals surface area contributed by atoms with Crippen LogP contribution >= 0.6 is 15.9 Å². The molecule has 2 heteroatoms.